The van der Waals surface area contributed by atoms with E-state index in [4.69, 9.17) is 32.7 Å². The number of epoxide rings is 1. The second-order valence-corrected chi connectivity index (χ2v) is 11.1. The van der Waals surface area contributed by atoms with Gasteiger partial charge in [0.05, 0.1) is 30.0 Å². The average molecular weight is 597 g/mol. The fourth-order valence-electron chi connectivity index (χ4n) is 3.92. The predicted octanol–water partition coefficient (Wildman–Crippen LogP) is 2.92. The number of rotatable bonds is 15. The molecule has 1 saturated heterocycles. The Hall–Kier alpha value is -2.63. The Bertz CT molecular complexity index is 1200. The van der Waals surface area contributed by atoms with Gasteiger partial charge in [-0.1, -0.05) is 53.5 Å². The zero-order valence-corrected chi connectivity index (χ0v) is 24.1. The summed E-state index contributed by atoms with van der Waals surface area (Å²) in [5, 5.41) is 8.83. The van der Waals surface area contributed by atoms with E-state index in [-0.39, 0.29) is 41.9 Å². The molecule has 1 heterocycles. The summed E-state index contributed by atoms with van der Waals surface area (Å²) in [5.74, 6) is -1.47. The van der Waals surface area contributed by atoms with Crippen LogP contribution in [0.25, 0.3) is 0 Å². The molecular formula is C27H31Cl2N3O6S. The maximum atomic E-state index is 13.5. The zero-order chi connectivity index (χ0) is 28.6. The third-order valence-corrected chi connectivity index (χ3v) is 7.47. The number of Topliss-reactive ketones (excluding diaryl/α,β-unsaturated/α-hetero) is 1. The number of halogens is 2. The van der Waals surface area contributed by atoms with E-state index in [2.05, 4.69) is 16.0 Å². The first-order chi connectivity index (χ1) is 18.6. The van der Waals surface area contributed by atoms with Crippen LogP contribution >= 0.6 is 35.0 Å². The SMILES string of the molecule is COC[C@](C=O)(Nc1cc(Cl)ccc1Cl)C(=O)N[C@@H](CSC)C(=O)N[C@@H](Cc1ccccc1)C(=O)C1(C)CO1. The molecule has 1 aliphatic rings. The van der Waals surface area contributed by atoms with Crippen LogP contribution in [0.2, 0.25) is 10.0 Å². The molecule has 1 unspecified atom stereocenters. The molecule has 0 aromatic heterocycles. The Balaban J connectivity index is 1.82. The molecule has 1 aliphatic heterocycles. The number of thioether (sulfide) groups is 1. The van der Waals surface area contributed by atoms with Crippen molar-refractivity contribution in [3.8, 4) is 0 Å². The van der Waals surface area contributed by atoms with E-state index in [1.165, 1.54) is 31.0 Å². The lowest BCUT2D eigenvalue weighted by Crippen LogP contribution is -2.62. The second kappa shape index (κ2) is 13.6. The maximum Gasteiger partial charge on any atom is 0.256 e. The molecule has 2 amide bonds. The van der Waals surface area contributed by atoms with Crippen molar-refractivity contribution in [2.24, 2.45) is 0 Å². The third kappa shape index (κ3) is 7.95. The van der Waals surface area contributed by atoms with E-state index in [1.54, 1.807) is 19.2 Å². The van der Waals surface area contributed by atoms with Crippen LogP contribution in [0.4, 0.5) is 5.69 Å². The Morgan fingerprint density at radius 3 is 2.44 bits per heavy atom. The van der Waals surface area contributed by atoms with E-state index in [0.29, 0.717) is 11.3 Å². The largest absolute Gasteiger partial charge is 0.381 e. The highest BCUT2D eigenvalue weighted by atomic mass is 35.5. The normalized spacial score (nSPS) is 19.2. The number of benzene rings is 2. The number of hydrogen-bond donors (Lipinski definition) is 3. The van der Waals surface area contributed by atoms with Crippen molar-refractivity contribution < 1.29 is 28.7 Å². The van der Waals surface area contributed by atoms with Crippen LogP contribution in [-0.2, 0) is 35.1 Å². The predicted molar refractivity (Wildman–Crippen MR) is 153 cm³/mol. The first-order valence-corrected chi connectivity index (χ1v) is 14.2. The minimum atomic E-state index is -1.92. The quantitative estimate of drug-likeness (QED) is 0.163. The Kier molecular flexibility index (Phi) is 10.8. The maximum absolute atomic E-state index is 13.5. The highest BCUT2D eigenvalue weighted by molar-refractivity contribution is 7.98. The molecule has 2 aromatic rings. The lowest BCUT2D eigenvalue weighted by Gasteiger charge is -2.31. The van der Waals surface area contributed by atoms with Gasteiger partial charge in [0.15, 0.2) is 17.6 Å². The minimum absolute atomic E-state index is 0.178. The number of ether oxygens (including phenoxy) is 2. The van der Waals surface area contributed by atoms with E-state index in [9.17, 15) is 19.2 Å². The Morgan fingerprint density at radius 2 is 1.85 bits per heavy atom. The molecule has 0 spiro atoms. The standard InChI is InChI=1S/C27H31Cl2N3O6S/c1-26(15-38-26)23(34)21(11-17-7-5-4-6-8-17)30-24(35)22(13-39-3)31-25(36)27(14-33,16-37-2)32-20-12-18(28)9-10-19(20)29/h4-10,12,14,21-22,32H,11,13,15-16H2,1-3H3,(H,30,35)(H,31,36)/t21-,22-,26?,27-/m0/s1. The highest BCUT2D eigenvalue weighted by Gasteiger charge is 2.50. The van der Waals surface area contributed by atoms with Crippen molar-refractivity contribution in [2.45, 2.75) is 36.6 Å². The molecular weight excluding hydrogens is 565 g/mol. The number of hydrogen-bond acceptors (Lipinski definition) is 8. The van der Waals surface area contributed by atoms with Gasteiger partial charge in [0.1, 0.15) is 11.6 Å². The summed E-state index contributed by atoms with van der Waals surface area (Å²) >= 11 is 13.6. The van der Waals surface area contributed by atoms with Gasteiger partial charge in [0.25, 0.3) is 5.91 Å². The zero-order valence-electron chi connectivity index (χ0n) is 21.8. The fraction of sp³-hybridized carbons (Fsp3) is 0.407. The fourth-order valence-corrected chi connectivity index (χ4v) is 4.83. The number of anilines is 1. The van der Waals surface area contributed by atoms with Crippen molar-refractivity contribution in [1.82, 2.24) is 10.6 Å². The number of carbonyl (C=O) groups is 4. The number of methoxy groups -OCH3 is 1. The van der Waals surface area contributed by atoms with E-state index < -0.39 is 35.0 Å². The van der Waals surface area contributed by atoms with Gasteiger partial charge in [-0.2, -0.15) is 11.8 Å². The third-order valence-electron chi connectivity index (χ3n) is 6.23. The average Bonchev–Trinajstić information content (AvgIpc) is 3.68. The van der Waals surface area contributed by atoms with Gasteiger partial charge in [-0.25, -0.2) is 0 Å². The summed E-state index contributed by atoms with van der Waals surface area (Å²) < 4.78 is 10.5. The lowest BCUT2D eigenvalue weighted by atomic mass is 9.94. The van der Waals surface area contributed by atoms with Crippen LogP contribution in [0.3, 0.4) is 0 Å². The van der Waals surface area contributed by atoms with E-state index >= 15 is 0 Å². The van der Waals surface area contributed by atoms with E-state index in [0.717, 1.165) is 5.56 Å². The molecule has 0 aliphatic carbocycles. The number of aldehydes is 1. The molecule has 2 aromatic carbocycles. The molecule has 0 radical (unpaired) electrons. The summed E-state index contributed by atoms with van der Waals surface area (Å²) in [6.45, 7) is 1.59. The van der Waals surface area contributed by atoms with Crippen molar-refractivity contribution in [3.63, 3.8) is 0 Å². The smallest absolute Gasteiger partial charge is 0.256 e. The van der Waals surface area contributed by atoms with Gasteiger partial charge in [-0.3, -0.25) is 14.4 Å². The molecule has 12 heteroatoms. The van der Waals surface area contributed by atoms with Crippen molar-refractivity contribution in [1.29, 1.82) is 0 Å². The molecule has 39 heavy (non-hydrogen) atoms. The van der Waals surface area contributed by atoms with Gasteiger partial charge in [0.2, 0.25) is 5.91 Å². The van der Waals surface area contributed by atoms with Crippen LogP contribution in [0.15, 0.2) is 48.5 Å². The lowest BCUT2D eigenvalue weighted by molar-refractivity contribution is -0.136. The first-order valence-electron chi connectivity index (χ1n) is 12.1. The van der Waals surface area contributed by atoms with Crippen LogP contribution < -0.4 is 16.0 Å². The summed E-state index contributed by atoms with van der Waals surface area (Å²) in [5.41, 5.74) is -1.79. The molecule has 9 nitrogen and oxygen atoms in total. The Labute approximate surface area is 241 Å². The number of carbonyl (C=O) groups excluding carboxylic acids is 4. The molecule has 4 atom stereocenters. The molecule has 3 N–H and O–H groups in total. The first kappa shape index (κ1) is 30.9. The second-order valence-electron chi connectivity index (χ2n) is 9.39. The van der Waals surface area contributed by atoms with Crippen LogP contribution in [0.5, 0.6) is 0 Å². The monoisotopic (exact) mass is 595 g/mol. The Morgan fingerprint density at radius 1 is 1.15 bits per heavy atom. The van der Waals surface area contributed by atoms with Gasteiger partial charge < -0.3 is 30.2 Å². The minimum Gasteiger partial charge on any atom is -0.381 e. The van der Waals surface area contributed by atoms with Crippen LogP contribution in [0, 0.1) is 0 Å². The van der Waals surface area contributed by atoms with Crippen molar-refractivity contribution in [3.05, 3.63) is 64.1 Å². The van der Waals surface area contributed by atoms with Crippen molar-refractivity contribution in [2.75, 3.05) is 37.6 Å². The summed E-state index contributed by atoms with van der Waals surface area (Å²) in [6, 6.07) is 11.9. The van der Waals surface area contributed by atoms with Gasteiger partial charge >= 0.3 is 0 Å². The summed E-state index contributed by atoms with van der Waals surface area (Å²) in [7, 11) is 1.33. The van der Waals surface area contributed by atoms with Gasteiger partial charge in [0, 0.05) is 17.9 Å². The van der Waals surface area contributed by atoms with Gasteiger partial charge in [-0.05, 0) is 43.4 Å². The summed E-state index contributed by atoms with van der Waals surface area (Å²) in [4.78, 5) is 52.5. The number of ketones is 1. The molecule has 210 valence electrons. The van der Waals surface area contributed by atoms with Crippen molar-refractivity contribution >= 4 is 64.5 Å². The highest BCUT2D eigenvalue weighted by Crippen LogP contribution is 2.30. The van der Waals surface area contributed by atoms with Gasteiger partial charge in [-0.15, -0.1) is 0 Å². The molecule has 0 saturated carbocycles. The molecule has 0 bridgehead atoms. The number of nitrogens with one attached hydrogen (secondary N) is 3. The molecule has 3 rings (SSSR count). The van der Waals surface area contributed by atoms with E-state index in [1.807, 2.05) is 30.3 Å². The molecule has 1 fully saturated rings. The van der Waals surface area contributed by atoms with Crippen LogP contribution in [0.1, 0.15) is 12.5 Å². The topological polar surface area (TPSA) is 126 Å². The van der Waals surface area contributed by atoms with Crippen LogP contribution in [-0.4, -0.2) is 79.4 Å². The number of amides is 2. The summed E-state index contributed by atoms with van der Waals surface area (Å²) in [6.07, 6.45) is 2.41.